The summed E-state index contributed by atoms with van der Waals surface area (Å²) in [4.78, 5) is 0. The van der Waals surface area contributed by atoms with Crippen LogP contribution in [-0.4, -0.2) is 20.3 Å². The van der Waals surface area contributed by atoms with Gasteiger partial charge in [-0.15, -0.1) is 0 Å². The molecule has 0 aromatic heterocycles. The molecule has 0 heterocycles. The zero-order valence-corrected chi connectivity index (χ0v) is 13.1. The molecule has 0 amide bonds. The molecule has 2 aromatic rings. The molecule has 0 bridgehead atoms. The average molecular weight is 337 g/mol. The van der Waals surface area contributed by atoms with E-state index in [2.05, 4.69) is 15.9 Å². The van der Waals surface area contributed by atoms with Gasteiger partial charge < -0.3 is 14.2 Å². The quantitative estimate of drug-likeness (QED) is 0.739. The van der Waals surface area contributed by atoms with Crippen LogP contribution < -0.4 is 14.2 Å². The van der Waals surface area contributed by atoms with Gasteiger partial charge in [0.15, 0.2) is 11.5 Å². The van der Waals surface area contributed by atoms with Crippen molar-refractivity contribution < 1.29 is 14.2 Å². The first-order valence-electron chi connectivity index (χ1n) is 6.35. The number of benzene rings is 2. The van der Waals surface area contributed by atoms with Gasteiger partial charge in [-0.1, -0.05) is 34.1 Å². The molecule has 0 fully saturated rings. The van der Waals surface area contributed by atoms with Gasteiger partial charge in [0.2, 0.25) is 0 Å². The molecule has 20 heavy (non-hydrogen) atoms. The fraction of sp³-hybridized carbons (Fsp3) is 0.250. The van der Waals surface area contributed by atoms with Crippen LogP contribution in [0, 0.1) is 6.92 Å². The van der Waals surface area contributed by atoms with Gasteiger partial charge in [0.25, 0.3) is 0 Å². The summed E-state index contributed by atoms with van der Waals surface area (Å²) in [7, 11) is 1.63. The predicted octanol–water partition coefficient (Wildman–Crippen LogP) is 4.22. The third-order valence-electron chi connectivity index (χ3n) is 2.82. The summed E-state index contributed by atoms with van der Waals surface area (Å²) in [5.74, 6) is 2.32. The van der Waals surface area contributed by atoms with E-state index in [1.165, 1.54) is 0 Å². The van der Waals surface area contributed by atoms with Crippen LogP contribution in [0.3, 0.4) is 0 Å². The number of halogens is 1. The normalized spacial score (nSPS) is 10.2. The highest BCUT2D eigenvalue weighted by molar-refractivity contribution is 9.10. The van der Waals surface area contributed by atoms with Crippen molar-refractivity contribution in [1.29, 1.82) is 0 Å². The van der Waals surface area contributed by atoms with E-state index in [0.717, 1.165) is 27.3 Å². The number of rotatable bonds is 6. The molecule has 2 aromatic carbocycles. The summed E-state index contributed by atoms with van der Waals surface area (Å²) < 4.78 is 17.6. The Bertz CT molecular complexity index is 569. The summed E-state index contributed by atoms with van der Waals surface area (Å²) in [6.07, 6.45) is 0. The molecule has 0 aliphatic carbocycles. The summed E-state index contributed by atoms with van der Waals surface area (Å²) in [5.41, 5.74) is 1.10. The minimum absolute atomic E-state index is 0.465. The summed E-state index contributed by atoms with van der Waals surface area (Å²) in [6.45, 7) is 2.96. The third kappa shape index (κ3) is 3.90. The molecular formula is C16H17BrO3. The number of methoxy groups -OCH3 is 1. The number of hydrogen-bond acceptors (Lipinski definition) is 3. The molecule has 0 spiro atoms. The molecule has 0 atom stereocenters. The average Bonchev–Trinajstić information content (AvgIpc) is 2.47. The van der Waals surface area contributed by atoms with Gasteiger partial charge >= 0.3 is 0 Å². The van der Waals surface area contributed by atoms with E-state index in [9.17, 15) is 0 Å². The van der Waals surface area contributed by atoms with E-state index in [1.54, 1.807) is 7.11 Å². The minimum Gasteiger partial charge on any atom is -0.493 e. The monoisotopic (exact) mass is 336 g/mol. The molecule has 0 N–H and O–H groups in total. The Morgan fingerprint density at radius 3 is 2.25 bits per heavy atom. The van der Waals surface area contributed by atoms with Crippen LogP contribution in [0.15, 0.2) is 46.9 Å². The van der Waals surface area contributed by atoms with Crippen molar-refractivity contribution >= 4 is 15.9 Å². The van der Waals surface area contributed by atoms with E-state index in [1.807, 2.05) is 49.4 Å². The SMILES string of the molecule is COc1ccccc1OCCOc1cc(Br)ccc1C. The molecule has 0 unspecified atom stereocenters. The Balaban J connectivity index is 1.86. The Hall–Kier alpha value is -1.68. The molecule has 4 heteroatoms. The standard InChI is InChI=1S/C16H17BrO3/c1-12-7-8-13(17)11-16(12)20-10-9-19-15-6-4-3-5-14(15)18-2/h3-8,11H,9-10H2,1-2H3. The second kappa shape index (κ2) is 7.20. The zero-order chi connectivity index (χ0) is 14.4. The van der Waals surface area contributed by atoms with Crippen molar-refractivity contribution in [1.82, 2.24) is 0 Å². The lowest BCUT2D eigenvalue weighted by molar-refractivity contribution is 0.210. The number of para-hydroxylation sites is 2. The lowest BCUT2D eigenvalue weighted by atomic mass is 10.2. The maximum atomic E-state index is 5.72. The van der Waals surface area contributed by atoms with Crippen molar-refractivity contribution in [3.63, 3.8) is 0 Å². The Kier molecular flexibility index (Phi) is 5.30. The van der Waals surface area contributed by atoms with Gasteiger partial charge in [-0.2, -0.15) is 0 Å². The first-order valence-corrected chi connectivity index (χ1v) is 7.15. The van der Waals surface area contributed by atoms with Crippen molar-refractivity contribution in [2.75, 3.05) is 20.3 Å². The van der Waals surface area contributed by atoms with Crippen LogP contribution in [0.5, 0.6) is 17.2 Å². The Labute approximate surface area is 127 Å². The molecule has 0 aliphatic heterocycles. The lowest BCUT2D eigenvalue weighted by Gasteiger charge is -2.12. The van der Waals surface area contributed by atoms with Crippen LogP contribution in [-0.2, 0) is 0 Å². The first-order chi connectivity index (χ1) is 9.70. The van der Waals surface area contributed by atoms with Crippen LogP contribution in [0.1, 0.15) is 5.56 Å². The minimum atomic E-state index is 0.465. The molecule has 3 nitrogen and oxygen atoms in total. The zero-order valence-electron chi connectivity index (χ0n) is 11.6. The topological polar surface area (TPSA) is 27.7 Å². The van der Waals surface area contributed by atoms with Crippen LogP contribution in [0.4, 0.5) is 0 Å². The second-order valence-electron chi connectivity index (χ2n) is 4.26. The largest absolute Gasteiger partial charge is 0.493 e. The maximum Gasteiger partial charge on any atom is 0.161 e. The molecule has 0 saturated heterocycles. The van der Waals surface area contributed by atoms with E-state index in [-0.39, 0.29) is 0 Å². The number of hydrogen-bond donors (Lipinski definition) is 0. The van der Waals surface area contributed by atoms with Crippen molar-refractivity contribution in [3.05, 3.63) is 52.5 Å². The van der Waals surface area contributed by atoms with Gasteiger partial charge in [0, 0.05) is 4.47 Å². The highest BCUT2D eigenvalue weighted by atomic mass is 79.9. The summed E-state index contributed by atoms with van der Waals surface area (Å²) in [5, 5.41) is 0. The number of ether oxygens (including phenoxy) is 3. The summed E-state index contributed by atoms with van der Waals surface area (Å²) >= 11 is 3.43. The van der Waals surface area contributed by atoms with E-state index in [4.69, 9.17) is 14.2 Å². The highest BCUT2D eigenvalue weighted by Gasteiger charge is 2.03. The van der Waals surface area contributed by atoms with Gasteiger partial charge in [0.1, 0.15) is 19.0 Å². The molecule has 0 radical (unpaired) electrons. The smallest absolute Gasteiger partial charge is 0.161 e. The predicted molar refractivity (Wildman–Crippen MR) is 82.9 cm³/mol. The molecule has 0 saturated carbocycles. The molecule has 0 aliphatic rings. The van der Waals surface area contributed by atoms with Crippen LogP contribution in [0.25, 0.3) is 0 Å². The lowest BCUT2D eigenvalue weighted by Crippen LogP contribution is -2.10. The van der Waals surface area contributed by atoms with Crippen molar-refractivity contribution in [2.24, 2.45) is 0 Å². The molecule has 2 rings (SSSR count). The fourth-order valence-corrected chi connectivity index (χ4v) is 2.11. The van der Waals surface area contributed by atoms with E-state index >= 15 is 0 Å². The maximum absolute atomic E-state index is 5.72. The van der Waals surface area contributed by atoms with Gasteiger partial charge in [-0.05, 0) is 36.8 Å². The first kappa shape index (κ1) is 14.7. The summed E-state index contributed by atoms with van der Waals surface area (Å²) in [6, 6.07) is 13.5. The molecule has 106 valence electrons. The second-order valence-corrected chi connectivity index (χ2v) is 5.17. The Morgan fingerprint density at radius 1 is 0.900 bits per heavy atom. The van der Waals surface area contributed by atoms with E-state index in [0.29, 0.717) is 13.2 Å². The third-order valence-corrected chi connectivity index (χ3v) is 3.31. The Morgan fingerprint density at radius 2 is 1.55 bits per heavy atom. The van der Waals surface area contributed by atoms with Crippen molar-refractivity contribution in [2.45, 2.75) is 6.92 Å². The van der Waals surface area contributed by atoms with Crippen molar-refractivity contribution in [3.8, 4) is 17.2 Å². The molecular weight excluding hydrogens is 320 g/mol. The van der Waals surface area contributed by atoms with Gasteiger partial charge in [-0.3, -0.25) is 0 Å². The van der Waals surface area contributed by atoms with Gasteiger partial charge in [-0.25, -0.2) is 0 Å². The van der Waals surface area contributed by atoms with Crippen LogP contribution in [0.2, 0.25) is 0 Å². The number of aryl methyl sites for hydroxylation is 1. The fourth-order valence-electron chi connectivity index (χ4n) is 1.77. The van der Waals surface area contributed by atoms with Crippen LogP contribution >= 0.6 is 15.9 Å². The van der Waals surface area contributed by atoms with E-state index < -0.39 is 0 Å². The highest BCUT2D eigenvalue weighted by Crippen LogP contribution is 2.26. The van der Waals surface area contributed by atoms with Gasteiger partial charge in [0.05, 0.1) is 7.11 Å².